The van der Waals surface area contributed by atoms with Crippen LogP contribution >= 0.6 is 0 Å². The highest BCUT2D eigenvalue weighted by Crippen LogP contribution is 2.63. The van der Waals surface area contributed by atoms with Crippen LogP contribution in [0.1, 0.15) is 73.4 Å². The first-order valence-corrected chi connectivity index (χ1v) is 10.6. The molecular formula is C23H29NO3. The standard InChI is InChI=1S/C23H29NO3/c1-12(13-2-3-13)16-8-9-23-11-15(25)5-7-19(23)18(16)10-14-4-6-17(22(24)27)21(26)20(14)23/h4,6,12-13,16,18-19,26H,2-3,5,7-11H2,1H3,(H2,24,27)/t12-,16?,18-,19?,23?/m0/s1. The third-order valence-corrected chi connectivity index (χ3v) is 8.47. The number of amides is 1. The second-order valence-corrected chi connectivity index (χ2v) is 9.64. The van der Waals surface area contributed by atoms with Gasteiger partial charge in [-0.2, -0.15) is 0 Å². The van der Waals surface area contributed by atoms with Gasteiger partial charge in [0.15, 0.2) is 0 Å². The molecule has 0 heterocycles. The molecule has 5 rings (SSSR count). The summed E-state index contributed by atoms with van der Waals surface area (Å²) in [6.45, 7) is 2.44. The van der Waals surface area contributed by atoms with E-state index >= 15 is 0 Å². The number of carbonyl (C=O) groups is 2. The lowest BCUT2D eigenvalue weighted by atomic mass is 9.45. The van der Waals surface area contributed by atoms with E-state index in [0.717, 1.165) is 54.6 Å². The Labute approximate surface area is 160 Å². The third-order valence-electron chi connectivity index (χ3n) is 8.47. The predicted octanol–water partition coefficient (Wildman–Crippen LogP) is 3.73. The minimum Gasteiger partial charge on any atom is -0.507 e. The first-order chi connectivity index (χ1) is 12.9. The Morgan fingerprint density at radius 1 is 1.26 bits per heavy atom. The Hall–Kier alpha value is -1.84. The summed E-state index contributed by atoms with van der Waals surface area (Å²) >= 11 is 0. The molecule has 4 nitrogen and oxygen atoms in total. The molecule has 3 unspecified atom stereocenters. The maximum atomic E-state index is 12.5. The fraction of sp³-hybridized carbons (Fsp3) is 0.652. The number of fused-ring (bicyclic) bond motifs is 1. The van der Waals surface area contributed by atoms with Crippen molar-refractivity contribution in [1.82, 2.24) is 0 Å². The van der Waals surface area contributed by atoms with Gasteiger partial charge >= 0.3 is 0 Å². The summed E-state index contributed by atoms with van der Waals surface area (Å²) < 4.78 is 0. The van der Waals surface area contributed by atoms with Gasteiger partial charge in [-0.05, 0) is 79.7 Å². The smallest absolute Gasteiger partial charge is 0.252 e. The number of primary amides is 1. The number of benzene rings is 1. The molecule has 3 saturated carbocycles. The van der Waals surface area contributed by atoms with Crippen LogP contribution in [-0.4, -0.2) is 16.8 Å². The highest BCUT2D eigenvalue weighted by molar-refractivity contribution is 5.96. The Morgan fingerprint density at radius 3 is 2.74 bits per heavy atom. The summed E-state index contributed by atoms with van der Waals surface area (Å²) in [5.74, 6) is 3.15. The van der Waals surface area contributed by atoms with Crippen molar-refractivity contribution in [2.24, 2.45) is 35.3 Å². The van der Waals surface area contributed by atoms with E-state index in [0.29, 0.717) is 30.5 Å². The largest absolute Gasteiger partial charge is 0.507 e. The molecule has 5 atom stereocenters. The van der Waals surface area contributed by atoms with E-state index in [1.807, 2.05) is 6.07 Å². The Balaban J connectivity index is 1.65. The molecule has 2 bridgehead atoms. The lowest BCUT2D eigenvalue weighted by Gasteiger charge is -2.58. The summed E-state index contributed by atoms with van der Waals surface area (Å²) in [4.78, 5) is 24.3. The molecule has 0 aliphatic heterocycles. The zero-order valence-electron chi connectivity index (χ0n) is 16.0. The van der Waals surface area contributed by atoms with Crippen molar-refractivity contribution in [1.29, 1.82) is 0 Å². The SMILES string of the molecule is C[C@@H](C1CC1)C1CCC23CC(=O)CCC2[C@H]1Cc1ccc(C(N)=O)c(O)c13. The molecule has 1 aromatic carbocycles. The lowest BCUT2D eigenvalue weighted by molar-refractivity contribution is -0.127. The number of rotatable bonds is 3. The van der Waals surface area contributed by atoms with Crippen molar-refractivity contribution in [3.8, 4) is 5.75 Å². The highest BCUT2D eigenvalue weighted by Gasteiger charge is 2.58. The van der Waals surface area contributed by atoms with Crippen LogP contribution < -0.4 is 5.73 Å². The van der Waals surface area contributed by atoms with Crippen LogP contribution in [0.3, 0.4) is 0 Å². The van der Waals surface area contributed by atoms with Gasteiger partial charge in [0, 0.05) is 23.8 Å². The monoisotopic (exact) mass is 367 g/mol. The Kier molecular flexibility index (Phi) is 3.73. The number of ketones is 1. The van der Waals surface area contributed by atoms with Crippen LogP contribution in [0.5, 0.6) is 5.75 Å². The summed E-state index contributed by atoms with van der Waals surface area (Å²) in [6, 6.07) is 3.66. The van der Waals surface area contributed by atoms with Gasteiger partial charge in [-0.3, -0.25) is 9.59 Å². The Morgan fingerprint density at radius 2 is 2.04 bits per heavy atom. The predicted molar refractivity (Wildman–Crippen MR) is 102 cm³/mol. The second-order valence-electron chi connectivity index (χ2n) is 9.64. The molecule has 1 aromatic rings. The maximum Gasteiger partial charge on any atom is 0.252 e. The van der Waals surface area contributed by atoms with Crippen LogP contribution in [0, 0.1) is 29.6 Å². The number of aromatic hydroxyl groups is 1. The number of hydrogen-bond donors (Lipinski definition) is 2. The van der Waals surface area contributed by atoms with Gasteiger partial charge in [-0.25, -0.2) is 0 Å². The van der Waals surface area contributed by atoms with Crippen molar-refractivity contribution in [3.63, 3.8) is 0 Å². The van der Waals surface area contributed by atoms with Gasteiger partial charge in [0.25, 0.3) is 5.91 Å². The van der Waals surface area contributed by atoms with Crippen molar-refractivity contribution < 1.29 is 14.7 Å². The molecule has 3 fully saturated rings. The van der Waals surface area contributed by atoms with Crippen molar-refractivity contribution in [2.45, 2.75) is 63.7 Å². The van der Waals surface area contributed by atoms with E-state index in [1.54, 1.807) is 6.07 Å². The van der Waals surface area contributed by atoms with Gasteiger partial charge in [-0.1, -0.05) is 13.0 Å². The first kappa shape index (κ1) is 17.3. The van der Waals surface area contributed by atoms with Crippen LogP contribution in [0.25, 0.3) is 0 Å². The molecule has 4 aliphatic rings. The first-order valence-electron chi connectivity index (χ1n) is 10.6. The van der Waals surface area contributed by atoms with Gasteiger partial charge < -0.3 is 10.8 Å². The molecule has 0 radical (unpaired) electrons. The van der Waals surface area contributed by atoms with Crippen LogP contribution in [0.4, 0.5) is 0 Å². The number of carbonyl (C=O) groups excluding carboxylic acids is 2. The molecule has 27 heavy (non-hydrogen) atoms. The van der Waals surface area contributed by atoms with Gasteiger partial charge in [0.05, 0.1) is 5.56 Å². The van der Waals surface area contributed by atoms with Gasteiger partial charge in [-0.15, -0.1) is 0 Å². The van der Waals surface area contributed by atoms with Crippen LogP contribution in [-0.2, 0) is 16.6 Å². The quantitative estimate of drug-likeness (QED) is 0.854. The average Bonchev–Trinajstić information content (AvgIpc) is 3.45. The molecular weight excluding hydrogens is 338 g/mol. The van der Waals surface area contributed by atoms with Crippen molar-refractivity contribution >= 4 is 11.7 Å². The van der Waals surface area contributed by atoms with E-state index in [1.165, 1.54) is 12.8 Å². The third kappa shape index (κ3) is 2.41. The fourth-order valence-electron chi connectivity index (χ4n) is 7.13. The lowest BCUT2D eigenvalue weighted by Crippen LogP contribution is -2.55. The molecule has 4 aliphatic carbocycles. The maximum absolute atomic E-state index is 12.5. The second kappa shape index (κ2) is 5.83. The number of Topliss-reactive ketones (excluding diaryl/α,β-unsaturated/α-hetero) is 1. The van der Waals surface area contributed by atoms with Crippen LogP contribution in [0.15, 0.2) is 12.1 Å². The van der Waals surface area contributed by atoms with Gasteiger partial charge in [0.1, 0.15) is 11.5 Å². The zero-order chi connectivity index (χ0) is 18.9. The van der Waals surface area contributed by atoms with E-state index < -0.39 is 5.91 Å². The molecule has 4 heteroatoms. The normalized spacial score (nSPS) is 35.9. The topological polar surface area (TPSA) is 80.4 Å². The van der Waals surface area contributed by atoms with E-state index in [9.17, 15) is 14.7 Å². The highest BCUT2D eigenvalue weighted by atomic mass is 16.3. The van der Waals surface area contributed by atoms with Crippen molar-refractivity contribution in [3.05, 3.63) is 28.8 Å². The molecule has 1 amide bonds. The van der Waals surface area contributed by atoms with Crippen LogP contribution in [0.2, 0.25) is 0 Å². The number of nitrogens with two attached hydrogens (primary N) is 1. The van der Waals surface area contributed by atoms with E-state index in [2.05, 4.69) is 6.92 Å². The van der Waals surface area contributed by atoms with E-state index in [4.69, 9.17) is 5.73 Å². The Bertz CT molecular complexity index is 827. The molecule has 144 valence electrons. The zero-order valence-corrected chi connectivity index (χ0v) is 16.0. The summed E-state index contributed by atoms with van der Waals surface area (Å²) in [7, 11) is 0. The number of phenols is 1. The number of hydrogen-bond acceptors (Lipinski definition) is 3. The summed E-state index contributed by atoms with van der Waals surface area (Å²) in [5.41, 5.74) is 7.44. The van der Waals surface area contributed by atoms with Gasteiger partial charge in [0.2, 0.25) is 0 Å². The average molecular weight is 367 g/mol. The molecule has 0 aromatic heterocycles. The summed E-state index contributed by atoms with van der Waals surface area (Å²) in [5, 5.41) is 11.0. The molecule has 3 N–H and O–H groups in total. The summed E-state index contributed by atoms with van der Waals surface area (Å²) in [6.07, 6.45) is 7.90. The molecule has 0 spiro atoms. The van der Waals surface area contributed by atoms with E-state index in [-0.39, 0.29) is 16.7 Å². The minimum absolute atomic E-state index is 0.0480. The van der Waals surface area contributed by atoms with Crippen molar-refractivity contribution in [2.75, 3.05) is 0 Å². The molecule has 0 saturated heterocycles. The fourth-order valence-corrected chi connectivity index (χ4v) is 7.13. The minimum atomic E-state index is -0.594.